The van der Waals surface area contributed by atoms with E-state index in [4.69, 9.17) is 10.5 Å². The largest absolute Gasteiger partial charge is 0.492 e. The number of ether oxygens (including phenoxy) is 1. The Balaban J connectivity index is 2.20. The van der Waals surface area contributed by atoms with Crippen molar-refractivity contribution in [2.75, 3.05) is 17.7 Å². The average molecular weight is 235 g/mol. The van der Waals surface area contributed by atoms with Gasteiger partial charge in [0, 0.05) is 0 Å². The van der Waals surface area contributed by atoms with Crippen molar-refractivity contribution in [2.45, 2.75) is 6.92 Å². The topological polar surface area (TPSA) is 60.2 Å². The van der Waals surface area contributed by atoms with Crippen LogP contribution < -0.4 is 15.8 Å². The minimum atomic E-state index is 0.638. The Kier molecular flexibility index (Phi) is 3.26. The standard InChI is InChI=1S/C11H13N3OS/c1-2-15-9-6-4-3-5-8(9)14-11-13-7-10(12)16-11/h3-7H,2,12H2,1H3,(H,13,14). The molecule has 4 nitrogen and oxygen atoms in total. The second kappa shape index (κ2) is 4.85. The molecule has 2 rings (SSSR count). The summed E-state index contributed by atoms with van der Waals surface area (Å²) in [6.45, 7) is 2.59. The first-order valence-corrected chi connectivity index (χ1v) is 5.81. The summed E-state index contributed by atoms with van der Waals surface area (Å²) < 4.78 is 5.50. The monoisotopic (exact) mass is 235 g/mol. The van der Waals surface area contributed by atoms with Gasteiger partial charge in [-0.25, -0.2) is 4.98 Å². The first-order valence-electron chi connectivity index (χ1n) is 4.99. The van der Waals surface area contributed by atoms with Crippen LogP contribution in [0.2, 0.25) is 0 Å². The SMILES string of the molecule is CCOc1ccccc1Nc1ncc(N)s1. The lowest BCUT2D eigenvalue weighted by molar-refractivity contribution is 0.342. The Morgan fingerprint density at radius 3 is 2.94 bits per heavy atom. The van der Waals surface area contributed by atoms with Gasteiger partial charge in [0.2, 0.25) is 0 Å². The maximum Gasteiger partial charge on any atom is 0.189 e. The van der Waals surface area contributed by atoms with Gasteiger partial charge in [-0.1, -0.05) is 23.5 Å². The Morgan fingerprint density at radius 1 is 1.44 bits per heavy atom. The Bertz CT molecular complexity index is 470. The van der Waals surface area contributed by atoms with Crippen LogP contribution >= 0.6 is 11.3 Å². The van der Waals surface area contributed by atoms with Crippen LogP contribution in [-0.4, -0.2) is 11.6 Å². The van der Waals surface area contributed by atoms with E-state index in [9.17, 15) is 0 Å². The molecule has 0 atom stereocenters. The van der Waals surface area contributed by atoms with Gasteiger partial charge in [0.05, 0.1) is 18.5 Å². The van der Waals surface area contributed by atoms with E-state index in [1.807, 2.05) is 31.2 Å². The fourth-order valence-corrected chi connectivity index (χ4v) is 1.91. The molecule has 1 heterocycles. The maximum absolute atomic E-state index is 5.61. The molecule has 0 bridgehead atoms. The van der Waals surface area contributed by atoms with E-state index in [1.54, 1.807) is 6.20 Å². The molecule has 0 fully saturated rings. The summed E-state index contributed by atoms with van der Waals surface area (Å²) >= 11 is 1.41. The van der Waals surface area contributed by atoms with Gasteiger partial charge >= 0.3 is 0 Å². The van der Waals surface area contributed by atoms with Crippen LogP contribution in [0.3, 0.4) is 0 Å². The zero-order chi connectivity index (χ0) is 11.4. The highest BCUT2D eigenvalue weighted by atomic mass is 32.1. The van der Waals surface area contributed by atoms with Crippen molar-refractivity contribution in [2.24, 2.45) is 0 Å². The van der Waals surface area contributed by atoms with Gasteiger partial charge < -0.3 is 15.8 Å². The number of thiazole rings is 1. The van der Waals surface area contributed by atoms with Crippen LogP contribution in [0, 0.1) is 0 Å². The summed E-state index contributed by atoms with van der Waals surface area (Å²) in [6, 6.07) is 7.75. The van der Waals surface area contributed by atoms with E-state index in [0.717, 1.165) is 16.6 Å². The van der Waals surface area contributed by atoms with Gasteiger partial charge in [0.1, 0.15) is 10.8 Å². The highest BCUT2D eigenvalue weighted by molar-refractivity contribution is 7.19. The lowest BCUT2D eigenvalue weighted by Gasteiger charge is -2.09. The van der Waals surface area contributed by atoms with Crippen molar-refractivity contribution in [1.29, 1.82) is 0 Å². The van der Waals surface area contributed by atoms with Gasteiger partial charge in [-0.3, -0.25) is 0 Å². The maximum atomic E-state index is 5.61. The van der Waals surface area contributed by atoms with Crippen molar-refractivity contribution in [3.05, 3.63) is 30.5 Å². The van der Waals surface area contributed by atoms with E-state index >= 15 is 0 Å². The molecule has 3 N–H and O–H groups in total. The average Bonchev–Trinajstić information content (AvgIpc) is 2.67. The predicted molar refractivity (Wildman–Crippen MR) is 67.4 cm³/mol. The number of nitrogens with two attached hydrogens (primary N) is 1. The number of nitrogen functional groups attached to an aromatic ring is 1. The second-order valence-corrected chi connectivity index (χ2v) is 4.18. The number of nitrogens with zero attached hydrogens (tertiary/aromatic N) is 1. The van der Waals surface area contributed by atoms with Crippen molar-refractivity contribution in [3.8, 4) is 5.75 Å². The fraction of sp³-hybridized carbons (Fsp3) is 0.182. The van der Waals surface area contributed by atoms with Crippen LogP contribution in [0.25, 0.3) is 0 Å². The fourth-order valence-electron chi connectivity index (χ4n) is 1.31. The van der Waals surface area contributed by atoms with Crippen molar-refractivity contribution in [1.82, 2.24) is 4.98 Å². The predicted octanol–water partition coefficient (Wildman–Crippen LogP) is 2.87. The summed E-state index contributed by atoms with van der Waals surface area (Å²) in [5, 5.41) is 4.64. The molecular weight excluding hydrogens is 222 g/mol. The zero-order valence-corrected chi connectivity index (χ0v) is 9.75. The molecule has 0 aliphatic carbocycles. The number of nitrogens with one attached hydrogen (secondary N) is 1. The molecule has 0 saturated heterocycles. The Hall–Kier alpha value is -1.75. The quantitative estimate of drug-likeness (QED) is 0.855. The van der Waals surface area contributed by atoms with Crippen LogP contribution in [0.1, 0.15) is 6.92 Å². The Morgan fingerprint density at radius 2 is 2.25 bits per heavy atom. The third-order valence-corrected chi connectivity index (χ3v) is 2.69. The summed E-state index contributed by atoms with van der Waals surface area (Å²) in [5.74, 6) is 0.818. The number of benzene rings is 1. The molecule has 84 valence electrons. The van der Waals surface area contributed by atoms with E-state index in [2.05, 4.69) is 10.3 Å². The van der Waals surface area contributed by atoms with Gasteiger partial charge in [0.25, 0.3) is 0 Å². The Labute approximate surface area is 98.1 Å². The van der Waals surface area contributed by atoms with Crippen LogP contribution in [-0.2, 0) is 0 Å². The summed E-state index contributed by atoms with van der Waals surface area (Å²) in [6.07, 6.45) is 1.64. The van der Waals surface area contributed by atoms with E-state index in [-0.39, 0.29) is 0 Å². The van der Waals surface area contributed by atoms with Gasteiger partial charge in [-0.05, 0) is 19.1 Å². The van der Waals surface area contributed by atoms with Crippen molar-refractivity contribution < 1.29 is 4.74 Å². The smallest absolute Gasteiger partial charge is 0.189 e. The van der Waals surface area contributed by atoms with Gasteiger partial charge in [0.15, 0.2) is 5.13 Å². The normalized spacial score (nSPS) is 10.1. The summed E-state index contributed by atoms with van der Waals surface area (Å²) in [4.78, 5) is 4.14. The molecule has 16 heavy (non-hydrogen) atoms. The molecule has 0 spiro atoms. The first-order chi connectivity index (χ1) is 7.79. The zero-order valence-electron chi connectivity index (χ0n) is 8.93. The molecule has 1 aromatic carbocycles. The second-order valence-electron chi connectivity index (χ2n) is 3.12. The molecular formula is C11H13N3OS. The van der Waals surface area contributed by atoms with Gasteiger partial charge in [-0.2, -0.15) is 0 Å². The number of hydrogen-bond donors (Lipinski definition) is 2. The van der Waals surface area contributed by atoms with Crippen molar-refractivity contribution in [3.63, 3.8) is 0 Å². The van der Waals surface area contributed by atoms with E-state index in [0.29, 0.717) is 11.6 Å². The van der Waals surface area contributed by atoms with Crippen LogP contribution in [0.15, 0.2) is 30.5 Å². The third kappa shape index (κ3) is 2.43. The van der Waals surface area contributed by atoms with E-state index < -0.39 is 0 Å². The molecule has 0 amide bonds. The molecule has 0 aliphatic rings. The molecule has 0 radical (unpaired) electrons. The lowest BCUT2D eigenvalue weighted by atomic mass is 10.3. The number of para-hydroxylation sites is 2. The highest BCUT2D eigenvalue weighted by Crippen LogP contribution is 2.29. The number of anilines is 3. The molecule has 0 saturated carbocycles. The van der Waals surface area contributed by atoms with Crippen LogP contribution in [0.5, 0.6) is 5.75 Å². The number of hydrogen-bond acceptors (Lipinski definition) is 5. The minimum absolute atomic E-state index is 0.638. The molecule has 0 unspecified atom stereocenters. The number of rotatable bonds is 4. The van der Waals surface area contributed by atoms with Crippen LogP contribution in [0.4, 0.5) is 15.8 Å². The minimum Gasteiger partial charge on any atom is -0.492 e. The first kappa shape index (κ1) is 10.8. The summed E-state index contributed by atoms with van der Waals surface area (Å²) in [7, 11) is 0. The highest BCUT2D eigenvalue weighted by Gasteiger charge is 2.04. The van der Waals surface area contributed by atoms with Crippen molar-refractivity contribution >= 4 is 27.2 Å². The lowest BCUT2D eigenvalue weighted by Crippen LogP contribution is -1.97. The van der Waals surface area contributed by atoms with E-state index in [1.165, 1.54) is 11.3 Å². The molecule has 2 aromatic rings. The molecule has 5 heteroatoms. The molecule has 0 aliphatic heterocycles. The third-order valence-electron chi connectivity index (χ3n) is 1.95. The summed E-state index contributed by atoms with van der Waals surface area (Å²) in [5.41, 5.74) is 6.52. The van der Waals surface area contributed by atoms with Gasteiger partial charge in [-0.15, -0.1) is 0 Å². The molecule has 1 aromatic heterocycles. The number of aromatic nitrogens is 1.